The Balaban J connectivity index is 2.14. The molecule has 3 heteroatoms. The summed E-state index contributed by atoms with van der Waals surface area (Å²) in [7, 11) is 0. The highest BCUT2D eigenvalue weighted by atomic mass is 16.3. The minimum Gasteiger partial charge on any atom is -0.392 e. The van der Waals surface area contributed by atoms with Gasteiger partial charge in [0.05, 0.1) is 18.0 Å². The van der Waals surface area contributed by atoms with Crippen LogP contribution in [0.1, 0.15) is 55.0 Å². The standard InChI is InChI=1S/C23H28N2O/c1-5-18(6-2)22-10-9-20(14-23(22)25-12-11-17(4)24-25)19-8-7-16(3)21(13-19)15-26/h7-14,18,26H,5-6,15H2,1-4H3. The summed E-state index contributed by atoms with van der Waals surface area (Å²) >= 11 is 0. The van der Waals surface area contributed by atoms with Gasteiger partial charge in [-0.15, -0.1) is 0 Å². The van der Waals surface area contributed by atoms with Crippen LogP contribution in [-0.2, 0) is 6.61 Å². The lowest BCUT2D eigenvalue weighted by molar-refractivity contribution is 0.281. The molecule has 0 aliphatic heterocycles. The van der Waals surface area contributed by atoms with Crippen molar-refractivity contribution in [2.75, 3.05) is 0 Å². The number of hydrogen-bond acceptors (Lipinski definition) is 2. The van der Waals surface area contributed by atoms with Gasteiger partial charge in [-0.2, -0.15) is 5.10 Å². The van der Waals surface area contributed by atoms with E-state index in [2.05, 4.69) is 55.3 Å². The van der Waals surface area contributed by atoms with Crippen LogP contribution in [0.3, 0.4) is 0 Å². The smallest absolute Gasteiger partial charge is 0.0686 e. The number of benzene rings is 2. The molecular formula is C23H28N2O. The van der Waals surface area contributed by atoms with Crippen molar-refractivity contribution in [3.8, 4) is 16.8 Å². The third kappa shape index (κ3) is 3.58. The van der Waals surface area contributed by atoms with Crippen LogP contribution in [-0.4, -0.2) is 14.9 Å². The summed E-state index contributed by atoms with van der Waals surface area (Å²) in [6, 6.07) is 15.0. The van der Waals surface area contributed by atoms with E-state index >= 15 is 0 Å². The monoisotopic (exact) mass is 348 g/mol. The Kier molecular flexibility index (Phi) is 5.58. The fraction of sp³-hybridized carbons (Fsp3) is 0.348. The highest BCUT2D eigenvalue weighted by Crippen LogP contribution is 2.33. The number of aliphatic hydroxyl groups is 1. The number of rotatable bonds is 6. The Hall–Kier alpha value is -2.39. The van der Waals surface area contributed by atoms with Crippen LogP contribution < -0.4 is 0 Å². The second-order valence-electron chi connectivity index (χ2n) is 6.99. The van der Waals surface area contributed by atoms with Crippen molar-refractivity contribution in [3.05, 3.63) is 71.0 Å². The van der Waals surface area contributed by atoms with Crippen molar-refractivity contribution in [2.24, 2.45) is 0 Å². The molecule has 3 aromatic rings. The molecule has 0 aliphatic carbocycles. The number of aliphatic hydroxyl groups excluding tert-OH is 1. The minimum absolute atomic E-state index is 0.0662. The van der Waals surface area contributed by atoms with E-state index in [-0.39, 0.29) is 6.61 Å². The van der Waals surface area contributed by atoms with E-state index in [1.165, 1.54) is 5.56 Å². The summed E-state index contributed by atoms with van der Waals surface area (Å²) in [6.45, 7) is 8.60. The van der Waals surface area contributed by atoms with Gasteiger partial charge < -0.3 is 5.11 Å². The minimum atomic E-state index is 0.0662. The molecule has 1 N–H and O–H groups in total. The maximum absolute atomic E-state index is 9.59. The molecule has 0 aliphatic rings. The molecule has 0 unspecified atom stereocenters. The van der Waals surface area contributed by atoms with Gasteiger partial charge in [-0.25, -0.2) is 4.68 Å². The van der Waals surface area contributed by atoms with E-state index in [4.69, 9.17) is 0 Å². The van der Waals surface area contributed by atoms with E-state index in [1.807, 2.05) is 30.8 Å². The first kappa shape index (κ1) is 18.4. The van der Waals surface area contributed by atoms with Crippen molar-refractivity contribution in [1.29, 1.82) is 0 Å². The molecule has 0 atom stereocenters. The summed E-state index contributed by atoms with van der Waals surface area (Å²) in [5, 5.41) is 14.2. The third-order valence-corrected chi connectivity index (χ3v) is 5.28. The molecular weight excluding hydrogens is 320 g/mol. The average Bonchev–Trinajstić information content (AvgIpc) is 3.09. The van der Waals surface area contributed by atoms with Crippen LogP contribution in [0.4, 0.5) is 0 Å². The maximum Gasteiger partial charge on any atom is 0.0686 e. The third-order valence-electron chi connectivity index (χ3n) is 5.28. The van der Waals surface area contributed by atoms with Gasteiger partial charge in [0.1, 0.15) is 0 Å². The molecule has 3 rings (SSSR count). The Labute approximate surface area is 156 Å². The molecule has 0 saturated carbocycles. The van der Waals surface area contributed by atoms with Gasteiger partial charge in [0.15, 0.2) is 0 Å². The van der Waals surface area contributed by atoms with Gasteiger partial charge in [0.25, 0.3) is 0 Å². The summed E-state index contributed by atoms with van der Waals surface area (Å²) < 4.78 is 1.99. The Morgan fingerprint density at radius 1 is 0.962 bits per heavy atom. The molecule has 3 nitrogen and oxygen atoms in total. The van der Waals surface area contributed by atoms with Gasteiger partial charge in [-0.05, 0) is 78.6 Å². The first-order valence-corrected chi connectivity index (χ1v) is 9.44. The van der Waals surface area contributed by atoms with Crippen molar-refractivity contribution in [1.82, 2.24) is 9.78 Å². The van der Waals surface area contributed by atoms with E-state index in [1.54, 1.807) is 0 Å². The molecule has 0 fully saturated rings. The van der Waals surface area contributed by atoms with E-state index in [9.17, 15) is 5.11 Å². The summed E-state index contributed by atoms with van der Waals surface area (Å²) in [4.78, 5) is 0. The Morgan fingerprint density at radius 3 is 2.27 bits per heavy atom. The lowest BCUT2D eigenvalue weighted by atomic mass is 9.90. The average molecular weight is 348 g/mol. The first-order chi connectivity index (χ1) is 12.6. The normalized spacial score (nSPS) is 11.3. The molecule has 1 heterocycles. The number of hydrogen-bond donors (Lipinski definition) is 1. The van der Waals surface area contributed by atoms with Gasteiger partial charge >= 0.3 is 0 Å². The van der Waals surface area contributed by atoms with Crippen molar-refractivity contribution in [2.45, 2.75) is 53.1 Å². The van der Waals surface area contributed by atoms with Gasteiger partial charge in [0.2, 0.25) is 0 Å². The molecule has 0 radical (unpaired) electrons. The first-order valence-electron chi connectivity index (χ1n) is 9.44. The fourth-order valence-electron chi connectivity index (χ4n) is 3.57. The number of nitrogens with zero attached hydrogens (tertiary/aromatic N) is 2. The number of aryl methyl sites for hydroxylation is 2. The highest BCUT2D eigenvalue weighted by Gasteiger charge is 2.15. The Bertz CT molecular complexity index is 891. The zero-order valence-corrected chi connectivity index (χ0v) is 16.2. The van der Waals surface area contributed by atoms with Crippen molar-refractivity contribution in [3.63, 3.8) is 0 Å². The quantitative estimate of drug-likeness (QED) is 0.634. The van der Waals surface area contributed by atoms with Crippen LogP contribution in [0.15, 0.2) is 48.7 Å². The molecule has 0 bridgehead atoms. The van der Waals surface area contributed by atoms with Gasteiger partial charge in [0, 0.05) is 6.20 Å². The fourth-order valence-corrected chi connectivity index (χ4v) is 3.57. The zero-order chi connectivity index (χ0) is 18.7. The second-order valence-corrected chi connectivity index (χ2v) is 6.99. The molecule has 136 valence electrons. The number of aromatic nitrogens is 2. The van der Waals surface area contributed by atoms with E-state index < -0.39 is 0 Å². The van der Waals surface area contributed by atoms with E-state index in [0.717, 1.165) is 46.5 Å². The van der Waals surface area contributed by atoms with Crippen LogP contribution in [0.25, 0.3) is 16.8 Å². The van der Waals surface area contributed by atoms with Crippen molar-refractivity contribution < 1.29 is 5.11 Å². The van der Waals surface area contributed by atoms with Crippen LogP contribution in [0.2, 0.25) is 0 Å². The summed E-state index contributed by atoms with van der Waals surface area (Å²) in [5.74, 6) is 0.523. The maximum atomic E-state index is 9.59. The Morgan fingerprint density at radius 2 is 1.65 bits per heavy atom. The molecule has 1 aromatic heterocycles. The van der Waals surface area contributed by atoms with E-state index in [0.29, 0.717) is 5.92 Å². The van der Waals surface area contributed by atoms with Crippen molar-refractivity contribution >= 4 is 0 Å². The lowest BCUT2D eigenvalue weighted by Gasteiger charge is -2.19. The molecule has 26 heavy (non-hydrogen) atoms. The molecule has 2 aromatic carbocycles. The second kappa shape index (κ2) is 7.88. The highest BCUT2D eigenvalue weighted by molar-refractivity contribution is 5.68. The topological polar surface area (TPSA) is 38.0 Å². The summed E-state index contributed by atoms with van der Waals surface area (Å²) in [6.07, 6.45) is 4.26. The predicted molar refractivity (Wildman–Crippen MR) is 108 cm³/mol. The molecule has 0 spiro atoms. The van der Waals surface area contributed by atoms with Gasteiger partial charge in [-0.1, -0.05) is 38.1 Å². The predicted octanol–water partition coefficient (Wildman–Crippen LogP) is 5.55. The molecule has 0 saturated heterocycles. The SMILES string of the molecule is CCC(CC)c1ccc(-c2ccc(C)c(CO)c2)cc1-n1ccc(C)n1. The lowest BCUT2D eigenvalue weighted by Crippen LogP contribution is -2.05. The summed E-state index contributed by atoms with van der Waals surface area (Å²) in [5.41, 5.74) is 7.88. The largest absolute Gasteiger partial charge is 0.392 e. The van der Waals surface area contributed by atoms with Gasteiger partial charge in [-0.3, -0.25) is 0 Å². The van der Waals surface area contributed by atoms with Crippen LogP contribution >= 0.6 is 0 Å². The zero-order valence-electron chi connectivity index (χ0n) is 16.2. The molecule has 0 amide bonds. The van der Waals surface area contributed by atoms with Crippen LogP contribution in [0, 0.1) is 13.8 Å². The van der Waals surface area contributed by atoms with Crippen LogP contribution in [0.5, 0.6) is 0 Å².